The minimum absolute atomic E-state index is 0.0676. The molecule has 110 valence electrons. The molecule has 5 nitrogen and oxygen atoms in total. The van der Waals surface area contributed by atoms with Gasteiger partial charge in [0.2, 0.25) is 10.0 Å². The quantitative estimate of drug-likeness (QED) is 0.793. The molecule has 1 aromatic carbocycles. The number of primary sulfonamides is 1. The molecule has 1 saturated carbocycles. The maximum atomic E-state index is 11.9. The Hall–Kier alpha value is -0.630. The van der Waals surface area contributed by atoms with Crippen LogP contribution in [-0.2, 0) is 14.8 Å². The van der Waals surface area contributed by atoms with Crippen LogP contribution >= 0.6 is 27.5 Å². The minimum Gasteiger partial charge on any atom is -0.462 e. The molecular formula is C12H13BrClNO4S. The second-order valence-corrected chi connectivity index (χ2v) is 7.41. The minimum atomic E-state index is -3.98. The number of hydrogen-bond acceptors (Lipinski definition) is 4. The van der Waals surface area contributed by atoms with Gasteiger partial charge < -0.3 is 4.74 Å². The summed E-state index contributed by atoms with van der Waals surface area (Å²) in [5.41, 5.74) is 0.0676. The zero-order chi connectivity index (χ0) is 14.9. The summed E-state index contributed by atoms with van der Waals surface area (Å²) in [4.78, 5) is 11.6. The van der Waals surface area contributed by atoms with Crippen LogP contribution in [0.4, 0.5) is 0 Å². The lowest BCUT2D eigenvalue weighted by Crippen LogP contribution is -2.15. The van der Waals surface area contributed by atoms with E-state index in [-0.39, 0.29) is 20.0 Å². The van der Waals surface area contributed by atoms with Crippen molar-refractivity contribution in [3.63, 3.8) is 0 Å². The SMILES string of the molecule is NS(=O)(=O)c1cc(C(=O)OCCC2CC2)cc(Cl)c1Br. The molecule has 0 spiro atoms. The fourth-order valence-electron chi connectivity index (χ4n) is 1.70. The summed E-state index contributed by atoms with van der Waals surface area (Å²) in [7, 11) is -3.98. The van der Waals surface area contributed by atoms with Crippen molar-refractivity contribution in [2.45, 2.75) is 24.2 Å². The molecule has 0 heterocycles. The molecular weight excluding hydrogens is 370 g/mol. The van der Waals surface area contributed by atoms with E-state index in [2.05, 4.69) is 15.9 Å². The molecule has 1 aliphatic carbocycles. The normalized spacial score (nSPS) is 15.2. The van der Waals surface area contributed by atoms with Crippen LogP contribution in [0, 0.1) is 5.92 Å². The average molecular weight is 383 g/mol. The summed E-state index contributed by atoms with van der Waals surface area (Å²) in [6.07, 6.45) is 3.19. The van der Waals surface area contributed by atoms with Crippen molar-refractivity contribution in [1.82, 2.24) is 0 Å². The van der Waals surface area contributed by atoms with Crippen LogP contribution in [0.3, 0.4) is 0 Å². The largest absolute Gasteiger partial charge is 0.462 e. The van der Waals surface area contributed by atoms with E-state index in [1.807, 2.05) is 0 Å². The smallest absolute Gasteiger partial charge is 0.338 e. The highest BCUT2D eigenvalue weighted by atomic mass is 79.9. The van der Waals surface area contributed by atoms with Gasteiger partial charge in [-0.3, -0.25) is 0 Å². The Morgan fingerprint density at radius 1 is 1.45 bits per heavy atom. The summed E-state index contributed by atoms with van der Waals surface area (Å²) in [6, 6.07) is 2.50. The Labute approximate surface area is 130 Å². The summed E-state index contributed by atoms with van der Waals surface area (Å²) < 4.78 is 28.1. The van der Waals surface area contributed by atoms with Crippen molar-refractivity contribution in [2.75, 3.05) is 6.61 Å². The van der Waals surface area contributed by atoms with E-state index in [1.54, 1.807) is 0 Å². The van der Waals surface area contributed by atoms with Gasteiger partial charge >= 0.3 is 5.97 Å². The Balaban J connectivity index is 2.18. The maximum Gasteiger partial charge on any atom is 0.338 e. The van der Waals surface area contributed by atoms with Gasteiger partial charge in [-0.05, 0) is 40.4 Å². The Morgan fingerprint density at radius 3 is 2.65 bits per heavy atom. The summed E-state index contributed by atoms with van der Waals surface area (Å²) in [5.74, 6) is 0.0428. The van der Waals surface area contributed by atoms with Gasteiger partial charge in [0.1, 0.15) is 0 Å². The van der Waals surface area contributed by atoms with Gasteiger partial charge in [0, 0.05) is 0 Å². The third-order valence-electron chi connectivity index (χ3n) is 2.99. The standard InChI is InChI=1S/C12H13BrClNO4S/c13-11-9(14)5-8(6-10(11)20(15,17)18)12(16)19-4-3-7-1-2-7/h5-7H,1-4H2,(H2,15,17,18). The van der Waals surface area contributed by atoms with Crippen molar-refractivity contribution in [3.05, 3.63) is 27.2 Å². The number of ether oxygens (including phenoxy) is 1. The van der Waals surface area contributed by atoms with E-state index in [0.717, 1.165) is 12.5 Å². The fourth-order valence-corrected chi connectivity index (χ4v) is 3.53. The predicted molar refractivity (Wildman–Crippen MR) is 78.1 cm³/mol. The monoisotopic (exact) mass is 381 g/mol. The van der Waals surface area contributed by atoms with Gasteiger partial charge in [0.05, 0.1) is 26.6 Å². The highest BCUT2D eigenvalue weighted by Gasteiger charge is 2.23. The first-order valence-electron chi connectivity index (χ1n) is 5.98. The Kier molecular flexibility index (Phi) is 4.73. The lowest BCUT2D eigenvalue weighted by molar-refractivity contribution is 0.0494. The van der Waals surface area contributed by atoms with Crippen molar-refractivity contribution in [2.24, 2.45) is 11.1 Å². The van der Waals surface area contributed by atoms with Crippen LogP contribution in [0.15, 0.2) is 21.5 Å². The van der Waals surface area contributed by atoms with E-state index in [0.29, 0.717) is 12.5 Å². The number of carbonyl (C=O) groups is 1. The van der Waals surface area contributed by atoms with E-state index < -0.39 is 16.0 Å². The lowest BCUT2D eigenvalue weighted by Gasteiger charge is -2.08. The van der Waals surface area contributed by atoms with E-state index in [9.17, 15) is 13.2 Å². The molecule has 0 amide bonds. The van der Waals surface area contributed by atoms with Crippen LogP contribution in [0.5, 0.6) is 0 Å². The molecule has 2 rings (SSSR count). The number of sulfonamides is 1. The molecule has 8 heteroatoms. The zero-order valence-electron chi connectivity index (χ0n) is 10.4. The van der Waals surface area contributed by atoms with Gasteiger partial charge in [0.15, 0.2) is 0 Å². The predicted octanol–water partition coefficient (Wildman–Crippen LogP) is 2.71. The second kappa shape index (κ2) is 6.01. The number of benzene rings is 1. The maximum absolute atomic E-state index is 11.9. The molecule has 0 radical (unpaired) electrons. The van der Waals surface area contributed by atoms with E-state index >= 15 is 0 Å². The molecule has 0 aromatic heterocycles. The van der Waals surface area contributed by atoms with Crippen molar-refractivity contribution >= 4 is 43.5 Å². The first-order chi connectivity index (χ1) is 9.29. The molecule has 1 fully saturated rings. The van der Waals surface area contributed by atoms with Crippen molar-refractivity contribution < 1.29 is 17.9 Å². The number of halogens is 2. The number of nitrogens with two attached hydrogens (primary N) is 1. The number of rotatable bonds is 5. The zero-order valence-corrected chi connectivity index (χ0v) is 13.6. The molecule has 20 heavy (non-hydrogen) atoms. The fraction of sp³-hybridized carbons (Fsp3) is 0.417. The third kappa shape index (κ3) is 3.94. The summed E-state index contributed by atoms with van der Waals surface area (Å²) in [6.45, 7) is 0.321. The van der Waals surface area contributed by atoms with Crippen LogP contribution in [0.1, 0.15) is 29.6 Å². The van der Waals surface area contributed by atoms with Gasteiger partial charge in [-0.1, -0.05) is 24.4 Å². The number of esters is 1. The van der Waals surface area contributed by atoms with Crippen LogP contribution in [0.25, 0.3) is 0 Å². The highest BCUT2D eigenvalue weighted by Crippen LogP contribution is 2.33. The summed E-state index contributed by atoms with van der Waals surface area (Å²) >= 11 is 8.92. The van der Waals surface area contributed by atoms with E-state index in [4.69, 9.17) is 21.5 Å². The van der Waals surface area contributed by atoms with Crippen LogP contribution in [0.2, 0.25) is 5.02 Å². The Bertz CT molecular complexity index is 643. The summed E-state index contributed by atoms with van der Waals surface area (Å²) in [5, 5.41) is 5.16. The van der Waals surface area contributed by atoms with Crippen LogP contribution < -0.4 is 5.14 Å². The van der Waals surface area contributed by atoms with Gasteiger partial charge in [0.25, 0.3) is 0 Å². The van der Waals surface area contributed by atoms with Crippen molar-refractivity contribution in [3.8, 4) is 0 Å². The first-order valence-corrected chi connectivity index (χ1v) is 8.69. The van der Waals surface area contributed by atoms with E-state index in [1.165, 1.54) is 18.9 Å². The Morgan fingerprint density at radius 2 is 2.10 bits per heavy atom. The highest BCUT2D eigenvalue weighted by molar-refractivity contribution is 9.10. The second-order valence-electron chi connectivity index (χ2n) is 4.68. The topological polar surface area (TPSA) is 86.5 Å². The first kappa shape index (κ1) is 15.8. The van der Waals surface area contributed by atoms with Crippen molar-refractivity contribution in [1.29, 1.82) is 0 Å². The van der Waals surface area contributed by atoms with Gasteiger partial charge in [-0.2, -0.15) is 0 Å². The number of carbonyl (C=O) groups excluding carboxylic acids is 1. The molecule has 0 unspecified atom stereocenters. The van der Waals surface area contributed by atoms with Crippen LogP contribution in [-0.4, -0.2) is 21.0 Å². The lowest BCUT2D eigenvalue weighted by atomic mass is 10.2. The van der Waals surface area contributed by atoms with Gasteiger partial charge in [-0.25, -0.2) is 18.4 Å². The molecule has 0 bridgehead atoms. The molecule has 1 aliphatic rings. The molecule has 2 N–H and O–H groups in total. The molecule has 1 aromatic rings. The molecule has 0 saturated heterocycles. The number of hydrogen-bond donors (Lipinski definition) is 1. The average Bonchev–Trinajstić information content (AvgIpc) is 3.14. The third-order valence-corrected chi connectivity index (χ3v) is 5.57. The molecule has 0 aliphatic heterocycles. The van der Waals surface area contributed by atoms with Gasteiger partial charge in [-0.15, -0.1) is 0 Å². The molecule has 0 atom stereocenters.